The Hall–Kier alpha value is -1.99. The van der Waals surface area contributed by atoms with Crippen LogP contribution in [-0.2, 0) is 5.75 Å². The van der Waals surface area contributed by atoms with E-state index >= 15 is 0 Å². The number of carbonyl (C=O) groups excluding carboxylic acids is 1. The molecular formula is C11H12N4O2S. The van der Waals surface area contributed by atoms with Gasteiger partial charge in [-0.3, -0.25) is 10.2 Å². The van der Waals surface area contributed by atoms with Crippen LogP contribution < -0.4 is 17.0 Å². The number of rotatable bonds is 4. The van der Waals surface area contributed by atoms with E-state index in [1.807, 2.05) is 11.5 Å². The van der Waals surface area contributed by atoms with Crippen molar-refractivity contribution in [1.29, 1.82) is 0 Å². The van der Waals surface area contributed by atoms with Gasteiger partial charge in [-0.2, -0.15) is 0 Å². The molecule has 0 spiro atoms. The Kier molecular flexibility index (Phi) is 3.85. The third-order valence-electron chi connectivity index (χ3n) is 2.19. The predicted octanol–water partition coefficient (Wildman–Crippen LogP) is 1.15. The summed E-state index contributed by atoms with van der Waals surface area (Å²) in [5, 5.41) is 0. The van der Waals surface area contributed by atoms with E-state index < -0.39 is 0 Å². The number of carbonyl (C=O) groups is 1. The van der Waals surface area contributed by atoms with Gasteiger partial charge in [-0.25, -0.2) is 10.8 Å². The second-order valence-electron chi connectivity index (χ2n) is 3.48. The van der Waals surface area contributed by atoms with E-state index in [0.717, 1.165) is 4.90 Å². The van der Waals surface area contributed by atoms with Gasteiger partial charge in [0.2, 0.25) is 0 Å². The number of nitrogen functional groups attached to an aromatic ring is 2. The zero-order valence-corrected chi connectivity index (χ0v) is 10.2. The van der Waals surface area contributed by atoms with Crippen LogP contribution >= 0.6 is 11.8 Å². The van der Waals surface area contributed by atoms with Gasteiger partial charge in [0.05, 0.1) is 11.3 Å². The van der Waals surface area contributed by atoms with Gasteiger partial charge in [-0.15, -0.1) is 11.8 Å². The number of anilines is 1. The molecule has 0 bridgehead atoms. The molecule has 0 unspecified atom stereocenters. The van der Waals surface area contributed by atoms with Gasteiger partial charge in [0.15, 0.2) is 0 Å². The fourth-order valence-corrected chi connectivity index (χ4v) is 2.04. The van der Waals surface area contributed by atoms with Gasteiger partial charge in [0.1, 0.15) is 17.8 Å². The molecule has 0 aliphatic carbocycles. The molecule has 0 saturated carbocycles. The standard InChI is InChI=1S/C11H12N4O2S/c12-10-2-1-9(4-14-10)18-6-8-3-7(5-17-8)11(16)15-13/h1-5H,6,13H2,(H2,12,14)(H,15,16). The van der Waals surface area contributed by atoms with Crippen LogP contribution in [0.25, 0.3) is 0 Å². The van der Waals surface area contributed by atoms with E-state index in [0.29, 0.717) is 22.9 Å². The maximum atomic E-state index is 11.2. The number of nitrogens with zero attached hydrogens (tertiary/aromatic N) is 1. The van der Waals surface area contributed by atoms with Crippen LogP contribution in [0.15, 0.2) is 40.0 Å². The number of nitrogens with two attached hydrogens (primary N) is 2. The summed E-state index contributed by atoms with van der Waals surface area (Å²) in [6.45, 7) is 0. The quantitative estimate of drug-likeness (QED) is 0.331. The molecule has 5 N–H and O–H groups in total. The first kappa shape index (κ1) is 12.5. The Morgan fingerprint density at radius 2 is 2.33 bits per heavy atom. The largest absolute Gasteiger partial charge is 0.468 e. The Bertz CT molecular complexity index is 538. The zero-order chi connectivity index (χ0) is 13.0. The van der Waals surface area contributed by atoms with Gasteiger partial charge in [-0.05, 0) is 18.2 Å². The highest BCUT2D eigenvalue weighted by molar-refractivity contribution is 7.98. The number of nitrogens with one attached hydrogen (secondary N) is 1. The van der Waals surface area contributed by atoms with Crippen LogP contribution in [-0.4, -0.2) is 10.9 Å². The van der Waals surface area contributed by atoms with Crippen molar-refractivity contribution >= 4 is 23.5 Å². The Labute approximate surface area is 108 Å². The minimum Gasteiger partial charge on any atom is -0.468 e. The minimum absolute atomic E-state index is 0.371. The van der Waals surface area contributed by atoms with Crippen molar-refractivity contribution in [2.24, 2.45) is 5.84 Å². The molecule has 18 heavy (non-hydrogen) atoms. The maximum absolute atomic E-state index is 11.2. The summed E-state index contributed by atoms with van der Waals surface area (Å²) in [5.41, 5.74) is 7.94. The molecule has 2 rings (SSSR count). The number of pyridine rings is 1. The van der Waals surface area contributed by atoms with E-state index in [-0.39, 0.29) is 5.91 Å². The number of hydrogen-bond donors (Lipinski definition) is 3. The topological polar surface area (TPSA) is 107 Å². The average Bonchev–Trinajstić information content (AvgIpc) is 2.86. The molecule has 2 heterocycles. The summed E-state index contributed by atoms with van der Waals surface area (Å²) in [7, 11) is 0. The molecule has 0 aliphatic heterocycles. The number of thioether (sulfide) groups is 1. The first-order valence-corrected chi connectivity index (χ1v) is 6.10. The smallest absolute Gasteiger partial charge is 0.268 e. The summed E-state index contributed by atoms with van der Waals surface area (Å²) < 4.78 is 5.25. The number of aromatic nitrogens is 1. The second kappa shape index (κ2) is 5.56. The maximum Gasteiger partial charge on any atom is 0.268 e. The van der Waals surface area contributed by atoms with Crippen LogP contribution in [0.3, 0.4) is 0 Å². The van der Waals surface area contributed by atoms with Gasteiger partial charge in [0.25, 0.3) is 5.91 Å². The van der Waals surface area contributed by atoms with Crippen molar-refractivity contribution < 1.29 is 9.21 Å². The number of hydrazine groups is 1. The van der Waals surface area contributed by atoms with Crippen LogP contribution in [0, 0.1) is 0 Å². The van der Waals surface area contributed by atoms with Crippen molar-refractivity contribution in [2.75, 3.05) is 5.73 Å². The van der Waals surface area contributed by atoms with E-state index in [1.54, 1.807) is 30.1 Å². The lowest BCUT2D eigenvalue weighted by Gasteiger charge is -1.98. The van der Waals surface area contributed by atoms with Crippen molar-refractivity contribution in [1.82, 2.24) is 10.4 Å². The fourth-order valence-electron chi connectivity index (χ4n) is 1.29. The van der Waals surface area contributed by atoms with Gasteiger partial charge in [0, 0.05) is 11.1 Å². The van der Waals surface area contributed by atoms with Gasteiger partial charge >= 0.3 is 0 Å². The van der Waals surface area contributed by atoms with Crippen molar-refractivity contribution in [3.8, 4) is 0 Å². The zero-order valence-electron chi connectivity index (χ0n) is 9.42. The Morgan fingerprint density at radius 1 is 1.50 bits per heavy atom. The van der Waals surface area contributed by atoms with Crippen molar-refractivity contribution in [3.63, 3.8) is 0 Å². The van der Waals surface area contributed by atoms with Gasteiger partial charge < -0.3 is 10.2 Å². The highest BCUT2D eigenvalue weighted by Crippen LogP contribution is 2.23. The Balaban J connectivity index is 1.96. The highest BCUT2D eigenvalue weighted by Gasteiger charge is 2.08. The highest BCUT2D eigenvalue weighted by atomic mass is 32.2. The molecule has 2 aromatic heterocycles. The lowest BCUT2D eigenvalue weighted by atomic mass is 10.3. The van der Waals surface area contributed by atoms with E-state index in [1.165, 1.54) is 6.26 Å². The van der Waals surface area contributed by atoms with Crippen molar-refractivity contribution in [3.05, 3.63) is 42.0 Å². The average molecular weight is 264 g/mol. The molecule has 0 aromatic carbocycles. The molecule has 0 radical (unpaired) electrons. The minimum atomic E-state index is -0.371. The normalized spacial score (nSPS) is 10.3. The molecule has 0 aliphatic rings. The summed E-state index contributed by atoms with van der Waals surface area (Å²) in [6.07, 6.45) is 3.07. The first-order valence-electron chi connectivity index (χ1n) is 5.11. The lowest BCUT2D eigenvalue weighted by Crippen LogP contribution is -2.29. The van der Waals surface area contributed by atoms with E-state index in [9.17, 15) is 4.79 Å². The third-order valence-corrected chi connectivity index (χ3v) is 3.19. The lowest BCUT2D eigenvalue weighted by molar-refractivity contribution is 0.0953. The summed E-state index contributed by atoms with van der Waals surface area (Å²) in [6, 6.07) is 5.27. The van der Waals surface area contributed by atoms with Crippen molar-refractivity contribution in [2.45, 2.75) is 10.6 Å². The number of hydrogen-bond acceptors (Lipinski definition) is 6. The molecule has 7 heteroatoms. The molecule has 6 nitrogen and oxygen atoms in total. The summed E-state index contributed by atoms with van der Waals surface area (Å²) in [5.74, 6) is 6.43. The molecule has 2 aromatic rings. The van der Waals surface area contributed by atoms with Crippen LogP contribution in [0.4, 0.5) is 5.82 Å². The predicted molar refractivity (Wildman–Crippen MR) is 68.6 cm³/mol. The SMILES string of the molecule is NNC(=O)c1coc(CSc2ccc(N)nc2)c1. The molecule has 0 fully saturated rings. The Morgan fingerprint density at radius 3 is 3.00 bits per heavy atom. The second-order valence-corrected chi connectivity index (χ2v) is 4.53. The van der Waals surface area contributed by atoms with Crippen LogP contribution in [0.1, 0.15) is 16.1 Å². The molecule has 0 atom stereocenters. The van der Waals surface area contributed by atoms with E-state index in [2.05, 4.69) is 4.98 Å². The molecular weight excluding hydrogens is 252 g/mol. The summed E-state index contributed by atoms with van der Waals surface area (Å²) >= 11 is 1.54. The van der Waals surface area contributed by atoms with Crippen LogP contribution in [0.2, 0.25) is 0 Å². The van der Waals surface area contributed by atoms with Crippen LogP contribution in [0.5, 0.6) is 0 Å². The molecule has 94 valence electrons. The number of furan rings is 1. The monoisotopic (exact) mass is 264 g/mol. The third kappa shape index (κ3) is 3.02. The van der Waals surface area contributed by atoms with E-state index in [4.69, 9.17) is 16.0 Å². The molecule has 1 amide bonds. The fraction of sp³-hybridized carbons (Fsp3) is 0.0909. The molecule has 0 saturated heterocycles. The first-order chi connectivity index (χ1) is 8.69. The summed E-state index contributed by atoms with van der Waals surface area (Å²) in [4.78, 5) is 16.2. The van der Waals surface area contributed by atoms with Gasteiger partial charge in [-0.1, -0.05) is 0 Å². The number of amides is 1.